The van der Waals surface area contributed by atoms with Crippen molar-refractivity contribution in [3.8, 4) is 0 Å². The van der Waals surface area contributed by atoms with Crippen LogP contribution in [0.4, 0.5) is 0 Å². The molecule has 0 aromatic heterocycles. The second-order valence-electron chi connectivity index (χ2n) is 4.33. The summed E-state index contributed by atoms with van der Waals surface area (Å²) in [5, 5.41) is 11.5. The molecule has 0 aromatic rings. The Morgan fingerprint density at radius 3 is 2.25 bits per heavy atom. The van der Waals surface area contributed by atoms with Crippen LogP contribution in [0.2, 0.25) is 0 Å². The lowest BCUT2D eigenvalue weighted by Gasteiger charge is -2.14. The fourth-order valence-corrected chi connectivity index (χ4v) is 1.92. The number of carboxylic acids is 1. The second kappa shape index (κ2) is 6.30. The van der Waals surface area contributed by atoms with Crippen LogP contribution in [0.1, 0.15) is 45.4 Å². The zero-order valence-corrected chi connectivity index (χ0v) is 9.66. The Hall–Kier alpha value is -1.32. The molecule has 0 bridgehead atoms. The molecule has 0 spiro atoms. The Morgan fingerprint density at radius 2 is 1.75 bits per heavy atom. The number of carbonyl (C=O) groups excluding carboxylic acids is 1. The maximum Gasteiger partial charge on any atom is 0.331 e. The van der Waals surface area contributed by atoms with Crippen LogP contribution in [0.5, 0.6) is 0 Å². The number of carboxylic acid groups (broad SMARTS) is 1. The topological polar surface area (TPSA) is 66.4 Å². The summed E-state index contributed by atoms with van der Waals surface area (Å²) in [5.41, 5.74) is 0.0751. The van der Waals surface area contributed by atoms with Gasteiger partial charge in [-0.05, 0) is 19.8 Å². The highest BCUT2D eigenvalue weighted by molar-refractivity contribution is 5.97. The smallest absolute Gasteiger partial charge is 0.331 e. The number of nitrogens with one attached hydrogen (secondary N) is 1. The number of hydrogen-bond acceptors (Lipinski definition) is 2. The molecule has 1 amide bonds. The van der Waals surface area contributed by atoms with E-state index in [2.05, 4.69) is 5.32 Å². The maximum absolute atomic E-state index is 11.5. The van der Waals surface area contributed by atoms with Crippen molar-refractivity contribution in [3.63, 3.8) is 0 Å². The van der Waals surface area contributed by atoms with Gasteiger partial charge in [0.05, 0.1) is 0 Å². The molecule has 0 unspecified atom stereocenters. The number of aliphatic carboxylic acids is 1. The lowest BCUT2D eigenvalue weighted by atomic mass is 10.1. The van der Waals surface area contributed by atoms with Crippen molar-refractivity contribution in [1.29, 1.82) is 0 Å². The van der Waals surface area contributed by atoms with Crippen LogP contribution in [-0.2, 0) is 9.59 Å². The predicted octanol–water partition coefficient (Wildman–Crippen LogP) is 1.86. The summed E-state index contributed by atoms with van der Waals surface area (Å²) in [4.78, 5) is 22.0. The summed E-state index contributed by atoms with van der Waals surface area (Å²) >= 11 is 0. The predicted molar refractivity (Wildman–Crippen MR) is 61.0 cm³/mol. The van der Waals surface area contributed by atoms with Crippen molar-refractivity contribution in [2.24, 2.45) is 0 Å². The highest BCUT2D eigenvalue weighted by Gasteiger charge is 2.14. The van der Waals surface area contributed by atoms with Crippen molar-refractivity contribution < 1.29 is 14.7 Å². The molecule has 0 radical (unpaired) electrons. The van der Waals surface area contributed by atoms with E-state index in [4.69, 9.17) is 5.11 Å². The molecular formula is C12H19NO3. The van der Waals surface area contributed by atoms with E-state index in [9.17, 15) is 9.59 Å². The first-order valence-corrected chi connectivity index (χ1v) is 5.81. The molecule has 0 saturated heterocycles. The van der Waals surface area contributed by atoms with Gasteiger partial charge in [-0.15, -0.1) is 0 Å². The average Bonchev–Trinajstić information content (AvgIpc) is 2.45. The standard InChI is InChI=1S/C12H19NO3/c1-9(12(15)16)8-11(14)13-10-6-4-2-3-5-7-10/h8,10H,2-7H2,1H3,(H,13,14)(H,15,16)/b9-8-. The molecule has 16 heavy (non-hydrogen) atoms. The minimum absolute atomic E-state index is 0.0751. The minimum Gasteiger partial charge on any atom is -0.478 e. The lowest BCUT2D eigenvalue weighted by molar-refractivity contribution is -0.133. The van der Waals surface area contributed by atoms with E-state index in [1.54, 1.807) is 0 Å². The fourth-order valence-electron chi connectivity index (χ4n) is 1.92. The summed E-state index contributed by atoms with van der Waals surface area (Å²) in [6, 6.07) is 0.216. The molecule has 90 valence electrons. The van der Waals surface area contributed by atoms with E-state index >= 15 is 0 Å². The van der Waals surface area contributed by atoms with Crippen molar-refractivity contribution in [2.45, 2.75) is 51.5 Å². The Bertz CT molecular complexity index is 289. The van der Waals surface area contributed by atoms with Gasteiger partial charge in [-0.3, -0.25) is 4.79 Å². The Labute approximate surface area is 95.7 Å². The van der Waals surface area contributed by atoms with E-state index in [-0.39, 0.29) is 17.5 Å². The number of hydrogen-bond donors (Lipinski definition) is 2. The quantitative estimate of drug-likeness (QED) is 0.569. The van der Waals surface area contributed by atoms with Crippen LogP contribution >= 0.6 is 0 Å². The average molecular weight is 225 g/mol. The van der Waals surface area contributed by atoms with Gasteiger partial charge in [0.1, 0.15) is 0 Å². The maximum atomic E-state index is 11.5. The Kier molecular flexibility index (Phi) is 5.02. The van der Waals surface area contributed by atoms with Gasteiger partial charge in [-0.2, -0.15) is 0 Å². The van der Waals surface area contributed by atoms with Crippen LogP contribution in [-0.4, -0.2) is 23.0 Å². The SMILES string of the molecule is C/C(=C/C(=O)NC1CCCCCC1)C(=O)O. The third kappa shape index (κ3) is 4.47. The van der Waals surface area contributed by atoms with Gasteiger partial charge in [-0.25, -0.2) is 4.79 Å². The molecule has 0 atom stereocenters. The Morgan fingerprint density at radius 1 is 1.19 bits per heavy atom. The molecule has 0 aliphatic heterocycles. The van der Waals surface area contributed by atoms with E-state index in [1.165, 1.54) is 19.8 Å². The molecule has 1 rings (SSSR count). The van der Waals surface area contributed by atoms with Gasteiger partial charge < -0.3 is 10.4 Å². The summed E-state index contributed by atoms with van der Waals surface area (Å²) < 4.78 is 0. The summed E-state index contributed by atoms with van der Waals surface area (Å²) in [5.74, 6) is -1.33. The molecule has 0 aromatic carbocycles. The van der Waals surface area contributed by atoms with Crippen molar-refractivity contribution in [2.75, 3.05) is 0 Å². The number of amides is 1. The summed E-state index contributed by atoms with van der Waals surface area (Å²) in [6.07, 6.45) is 7.93. The summed E-state index contributed by atoms with van der Waals surface area (Å²) in [6.45, 7) is 1.43. The van der Waals surface area contributed by atoms with Gasteiger partial charge >= 0.3 is 5.97 Å². The van der Waals surface area contributed by atoms with E-state index < -0.39 is 5.97 Å². The highest BCUT2D eigenvalue weighted by Crippen LogP contribution is 2.17. The molecule has 1 aliphatic rings. The molecule has 4 heteroatoms. The minimum atomic E-state index is -1.05. The number of carbonyl (C=O) groups is 2. The van der Waals surface area contributed by atoms with Crippen LogP contribution < -0.4 is 5.32 Å². The Balaban J connectivity index is 2.43. The molecule has 1 fully saturated rings. The van der Waals surface area contributed by atoms with Gasteiger partial charge in [-0.1, -0.05) is 25.7 Å². The van der Waals surface area contributed by atoms with Crippen LogP contribution in [0, 0.1) is 0 Å². The fraction of sp³-hybridized carbons (Fsp3) is 0.667. The highest BCUT2D eigenvalue weighted by atomic mass is 16.4. The third-order valence-electron chi connectivity index (χ3n) is 2.89. The van der Waals surface area contributed by atoms with Crippen LogP contribution in [0.25, 0.3) is 0 Å². The monoisotopic (exact) mass is 225 g/mol. The first-order chi connectivity index (χ1) is 7.59. The second-order valence-corrected chi connectivity index (χ2v) is 4.33. The van der Waals surface area contributed by atoms with Gasteiger partial charge in [0, 0.05) is 17.7 Å². The normalized spacial score (nSPS) is 18.9. The largest absolute Gasteiger partial charge is 0.478 e. The van der Waals surface area contributed by atoms with Crippen molar-refractivity contribution in [3.05, 3.63) is 11.6 Å². The number of rotatable bonds is 3. The first kappa shape index (κ1) is 12.7. The molecule has 0 heterocycles. The van der Waals surface area contributed by atoms with Crippen LogP contribution in [0.3, 0.4) is 0 Å². The van der Waals surface area contributed by atoms with E-state index in [0.717, 1.165) is 31.8 Å². The first-order valence-electron chi connectivity index (χ1n) is 5.81. The molecule has 1 saturated carbocycles. The zero-order chi connectivity index (χ0) is 12.0. The van der Waals surface area contributed by atoms with Gasteiger partial charge in [0.15, 0.2) is 0 Å². The summed E-state index contributed by atoms with van der Waals surface area (Å²) in [7, 11) is 0. The third-order valence-corrected chi connectivity index (χ3v) is 2.89. The molecule has 4 nitrogen and oxygen atoms in total. The van der Waals surface area contributed by atoms with E-state index in [1.807, 2.05) is 0 Å². The zero-order valence-electron chi connectivity index (χ0n) is 9.66. The molecular weight excluding hydrogens is 206 g/mol. The van der Waals surface area contributed by atoms with Gasteiger partial charge in [0.2, 0.25) is 5.91 Å². The van der Waals surface area contributed by atoms with E-state index in [0.29, 0.717) is 0 Å². The van der Waals surface area contributed by atoms with Crippen LogP contribution in [0.15, 0.2) is 11.6 Å². The lowest BCUT2D eigenvalue weighted by Crippen LogP contribution is -2.33. The molecule has 2 N–H and O–H groups in total. The van der Waals surface area contributed by atoms with Crippen molar-refractivity contribution in [1.82, 2.24) is 5.32 Å². The van der Waals surface area contributed by atoms with Gasteiger partial charge in [0.25, 0.3) is 0 Å². The van der Waals surface area contributed by atoms with Crippen molar-refractivity contribution >= 4 is 11.9 Å². The molecule has 1 aliphatic carbocycles.